The lowest BCUT2D eigenvalue weighted by molar-refractivity contribution is -0.159. The van der Waals surface area contributed by atoms with Crippen molar-refractivity contribution in [3.63, 3.8) is 0 Å². The van der Waals surface area contributed by atoms with Crippen LogP contribution < -0.4 is 0 Å². The van der Waals surface area contributed by atoms with Crippen molar-refractivity contribution < 1.29 is 24.2 Å². The molecule has 0 aromatic rings. The van der Waals surface area contributed by atoms with Crippen molar-refractivity contribution in [3.8, 4) is 0 Å². The van der Waals surface area contributed by atoms with Gasteiger partial charge in [-0.05, 0) is 20.8 Å². The zero-order chi connectivity index (χ0) is 12.1. The Hall–Kier alpha value is -1.10. The van der Waals surface area contributed by atoms with Gasteiger partial charge in [0, 0.05) is 5.92 Å². The average Bonchev–Trinajstić information content (AvgIpc) is 2.63. The lowest BCUT2D eigenvalue weighted by Crippen LogP contribution is -2.28. The molecule has 1 aliphatic heterocycles. The Morgan fingerprint density at radius 2 is 2.00 bits per heavy atom. The fourth-order valence-corrected chi connectivity index (χ4v) is 2.22. The van der Waals surface area contributed by atoms with Crippen LogP contribution >= 0.6 is 0 Å². The minimum absolute atomic E-state index is 0.188. The smallest absolute Gasteiger partial charge is 0.312 e. The van der Waals surface area contributed by atoms with Gasteiger partial charge in [-0.25, -0.2) is 0 Å². The molecule has 2 aliphatic rings. The number of aliphatic carboxylic acids is 1. The van der Waals surface area contributed by atoms with Gasteiger partial charge in [0.25, 0.3) is 0 Å². The molecule has 2 rings (SSSR count). The summed E-state index contributed by atoms with van der Waals surface area (Å²) in [6.07, 6.45) is -0.240. The Morgan fingerprint density at radius 1 is 1.38 bits per heavy atom. The van der Waals surface area contributed by atoms with Crippen LogP contribution in [0.15, 0.2) is 0 Å². The van der Waals surface area contributed by atoms with Crippen LogP contribution in [0.25, 0.3) is 0 Å². The Balaban J connectivity index is 1.96. The van der Waals surface area contributed by atoms with E-state index in [0.29, 0.717) is 0 Å². The van der Waals surface area contributed by atoms with Gasteiger partial charge in [0.2, 0.25) is 0 Å². The maximum atomic E-state index is 11.7. The first-order chi connectivity index (χ1) is 7.31. The van der Waals surface area contributed by atoms with E-state index >= 15 is 0 Å². The number of carbonyl (C=O) groups is 2. The van der Waals surface area contributed by atoms with Crippen LogP contribution in [0.2, 0.25) is 0 Å². The fourth-order valence-electron chi connectivity index (χ4n) is 2.22. The number of hydrogen-bond acceptors (Lipinski definition) is 4. The van der Waals surface area contributed by atoms with Crippen LogP contribution in [0.4, 0.5) is 0 Å². The summed E-state index contributed by atoms with van der Waals surface area (Å²) in [4.78, 5) is 22.6. The molecule has 1 heterocycles. The summed E-state index contributed by atoms with van der Waals surface area (Å²) in [7, 11) is 0. The molecule has 5 heteroatoms. The SMILES string of the molecule is CC(C)(C)OC(=O)[C@@H]1[C@H]2OC[C@@H](C(=O)O)[C@H]21. The van der Waals surface area contributed by atoms with Crippen molar-refractivity contribution in [2.45, 2.75) is 32.5 Å². The monoisotopic (exact) mass is 228 g/mol. The largest absolute Gasteiger partial charge is 0.481 e. The molecule has 1 saturated carbocycles. The summed E-state index contributed by atoms with van der Waals surface area (Å²) < 4.78 is 10.5. The Morgan fingerprint density at radius 3 is 2.50 bits per heavy atom. The van der Waals surface area contributed by atoms with Gasteiger partial charge in [0.1, 0.15) is 5.60 Å². The van der Waals surface area contributed by atoms with Gasteiger partial charge in [0.05, 0.1) is 24.5 Å². The highest BCUT2D eigenvalue weighted by atomic mass is 16.6. The topological polar surface area (TPSA) is 72.8 Å². The number of hydrogen-bond donors (Lipinski definition) is 1. The molecule has 0 radical (unpaired) electrons. The van der Waals surface area contributed by atoms with Crippen LogP contribution in [0.5, 0.6) is 0 Å². The normalized spacial score (nSPS) is 36.7. The average molecular weight is 228 g/mol. The van der Waals surface area contributed by atoms with Gasteiger partial charge in [-0.1, -0.05) is 0 Å². The molecule has 90 valence electrons. The van der Waals surface area contributed by atoms with E-state index in [0.717, 1.165) is 0 Å². The summed E-state index contributed by atoms with van der Waals surface area (Å²) in [6.45, 7) is 5.58. The molecule has 16 heavy (non-hydrogen) atoms. The standard InChI is InChI=1S/C11H16O5/c1-11(2,3)16-10(14)7-6-5(9(12)13)4-15-8(6)7/h5-8H,4H2,1-3H3,(H,12,13)/t5-,6+,7+,8+/m1/s1. The van der Waals surface area contributed by atoms with E-state index in [1.807, 2.05) is 0 Å². The molecule has 0 spiro atoms. The number of fused-ring (bicyclic) bond motifs is 1. The maximum Gasteiger partial charge on any atom is 0.312 e. The predicted octanol–water partition coefficient (Wildman–Crippen LogP) is 0.674. The molecule has 2 fully saturated rings. The van der Waals surface area contributed by atoms with Gasteiger partial charge >= 0.3 is 11.9 Å². The van der Waals surface area contributed by atoms with Crippen molar-refractivity contribution >= 4 is 11.9 Å². The summed E-state index contributed by atoms with van der Waals surface area (Å²) in [6, 6.07) is 0. The van der Waals surface area contributed by atoms with Gasteiger partial charge in [-0.3, -0.25) is 9.59 Å². The summed E-state index contributed by atoms with van der Waals surface area (Å²) >= 11 is 0. The first-order valence-corrected chi connectivity index (χ1v) is 5.38. The van der Waals surface area contributed by atoms with Crippen molar-refractivity contribution in [2.24, 2.45) is 17.8 Å². The fraction of sp³-hybridized carbons (Fsp3) is 0.818. The first-order valence-electron chi connectivity index (χ1n) is 5.38. The highest BCUT2D eigenvalue weighted by Crippen LogP contribution is 2.53. The molecule has 0 bridgehead atoms. The second kappa shape index (κ2) is 3.45. The number of rotatable bonds is 2. The van der Waals surface area contributed by atoms with E-state index < -0.39 is 17.5 Å². The van der Waals surface area contributed by atoms with Gasteiger partial charge in [-0.15, -0.1) is 0 Å². The van der Waals surface area contributed by atoms with Crippen LogP contribution in [0.1, 0.15) is 20.8 Å². The maximum absolute atomic E-state index is 11.7. The number of carboxylic acid groups (broad SMARTS) is 1. The molecule has 0 aromatic heterocycles. The number of carbonyl (C=O) groups excluding carboxylic acids is 1. The van der Waals surface area contributed by atoms with Crippen molar-refractivity contribution in [1.29, 1.82) is 0 Å². The molecule has 1 N–H and O–H groups in total. The van der Waals surface area contributed by atoms with Gasteiger partial charge < -0.3 is 14.6 Å². The second-order valence-electron chi connectivity index (χ2n) is 5.38. The summed E-state index contributed by atoms with van der Waals surface area (Å²) in [5, 5.41) is 8.91. The minimum atomic E-state index is -0.890. The molecular weight excluding hydrogens is 212 g/mol. The van der Waals surface area contributed by atoms with E-state index in [4.69, 9.17) is 14.6 Å². The van der Waals surface area contributed by atoms with Crippen LogP contribution in [-0.4, -0.2) is 35.4 Å². The first kappa shape index (κ1) is 11.4. The van der Waals surface area contributed by atoms with E-state index in [1.165, 1.54) is 0 Å². The number of esters is 1. The Kier molecular flexibility index (Phi) is 2.45. The molecule has 1 aliphatic carbocycles. The Labute approximate surface area is 93.7 Å². The molecule has 1 saturated heterocycles. The number of ether oxygens (including phenoxy) is 2. The van der Waals surface area contributed by atoms with Crippen LogP contribution in [0.3, 0.4) is 0 Å². The third-order valence-electron chi connectivity index (χ3n) is 2.94. The zero-order valence-corrected chi connectivity index (χ0v) is 9.60. The lowest BCUT2D eigenvalue weighted by Gasteiger charge is -2.20. The predicted molar refractivity (Wildman–Crippen MR) is 53.7 cm³/mol. The molecule has 5 nitrogen and oxygen atoms in total. The quantitative estimate of drug-likeness (QED) is 0.703. The van der Waals surface area contributed by atoms with Crippen molar-refractivity contribution in [3.05, 3.63) is 0 Å². The van der Waals surface area contributed by atoms with E-state index in [2.05, 4.69) is 0 Å². The zero-order valence-electron chi connectivity index (χ0n) is 9.60. The van der Waals surface area contributed by atoms with Crippen LogP contribution in [0, 0.1) is 17.8 Å². The third kappa shape index (κ3) is 1.91. The third-order valence-corrected chi connectivity index (χ3v) is 2.94. The molecule has 0 amide bonds. The second-order valence-corrected chi connectivity index (χ2v) is 5.38. The minimum Gasteiger partial charge on any atom is -0.481 e. The Bertz CT molecular complexity index is 330. The highest BCUT2D eigenvalue weighted by Gasteiger charge is 2.66. The number of carboxylic acids is 1. The molecular formula is C11H16O5. The summed E-state index contributed by atoms with van der Waals surface area (Å²) in [5.41, 5.74) is -0.535. The van der Waals surface area contributed by atoms with E-state index in [9.17, 15) is 9.59 Å². The lowest BCUT2D eigenvalue weighted by atomic mass is 10.0. The van der Waals surface area contributed by atoms with Gasteiger partial charge in [-0.2, -0.15) is 0 Å². The van der Waals surface area contributed by atoms with E-state index in [1.54, 1.807) is 20.8 Å². The summed E-state index contributed by atoms with van der Waals surface area (Å²) in [5.74, 6) is -2.35. The van der Waals surface area contributed by atoms with E-state index in [-0.39, 0.29) is 30.5 Å². The van der Waals surface area contributed by atoms with Gasteiger partial charge in [0.15, 0.2) is 0 Å². The van der Waals surface area contributed by atoms with Crippen molar-refractivity contribution in [2.75, 3.05) is 6.61 Å². The molecule has 0 aromatic carbocycles. The highest BCUT2D eigenvalue weighted by molar-refractivity contribution is 5.81. The van der Waals surface area contributed by atoms with Crippen LogP contribution in [-0.2, 0) is 19.1 Å². The van der Waals surface area contributed by atoms with Crippen molar-refractivity contribution in [1.82, 2.24) is 0 Å². The molecule has 4 atom stereocenters. The molecule has 0 unspecified atom stereocenters.